The first kappa shape index (κ1) is 22.0. The van der Waals surface area contributed by atoms with Gasteiger partial charge in [-0.3, -0.25) is 4.55 Å². The van der Waals surface area contributed by atoms with E-state index in [0.29, 0.717) is 0 Å². The lowest BCUT2D eigenvalue weighted by atomic mass is 9.83. The normalized spacial score (nSPS) is 13.8. The van der Waals surface area contributed by atoms with Gasteiger partial charge >= 0.3 is 0 Å². The minimum absolute atomic E-state index is 0.00871. The topological polar surface area (TPSA) is 94.8 Å². The highest BCUT2D eigenvalue weighted by Crippen LogP contribution is 2.54. The lowest BCUT2D eigenvalue weighted by Gasteiger charge is -2.34. The second-order valence-electron chi connectivity index (χ2n) is 6.06. The van der Waals surface area contributed by atoms with Gasteiger partial charge in [-0.25, -0.2) is 0 Å². The molecule has 0 aliphatic heterocycles. The van der Waals surface area contributed by atoms with E-state index in [1.807, 2.05) is 0 Å². The summed E-state index contributed by atoms with van der Waals surface area (Å²) in [6, 6.07) is 12.2. The summed E-state index contributed by atoms with van der Waals surface area (Å²) in [5.41, 5.74) is -0.719. The highest BCUT2D eigenvalue weighted by atomic mass is 35.5. The summed E-state index contributed by atoms with van der Waals surface area (Å²) in [7, 11) is -5.14. The Morgan fingerprint density at radius 3 is 2.03 bits per heavy atom. The van der Waals surface area contributed by atoms with Crippen molar-refractivity contribution in [3.63, 3.8) is 0 Å². The molecule has 0 heterocycles. The van der Waals surface area contributed by atoms with Crippen molar-refractivity contribution in [3.05, 3.63) is 91.4 Å². The Kier molecular flexibility index (Phi) is 5.98. The summed E-state index contributed by atoms with van der Waals surface area (Å²) in [5, 5.41) is 19.9. The van der Waals surface area contributed by atoms with E-state index in [0.717, 1.165) is 18.2 Å². The van der Waals surface area contributed by atoms with Gasteiger partial charge in [0, 0.05) is 21.2 Å². The minimum Gasteiger partial charge on any atom is -0.508 e. The largest absolute Gasteiger partial charge is 0.508 e. The fourth-order valence-corrected chi connectivity index (χ4v) is 5.89. The second-order valence-corrected chi connectivity index (χ2v) is 9.25. The van der Waals surface area contributed by atoms with E-state index >= 15 is 0 Å². The van der Waals surface area contributed by atoms with Gasteiger partial charge in [0.15, 0.2) is 10.5 Å². The molecular weight excluding hydrogens is 482 g/mol. The van der Waals surface area contributed by atoms with Crippen molar-refractivity contribution >= 4 is 56.5 Å². The molecule has 0 spiro atoms. The molecule has 3 N–H and O–H groups in total. The van der Waals surface area contributed by atoms with Crippen molar-refractivity contribution < 1.29 is 23.2 Å². The molecule has 3 aromatic rings. The Balaban J connectivity index is 2.67. The van der Waals surface area contributed by atoms with Gasteiger partial charge in [-0.05, 0) is 29.8 Å². The highest BCUT2D eigenvalue weighted by molar-refractivity contribution is 7.87. The maximum atomic E-state index is 13.0. The van der Waals surface area contributed by atoms with E-state index in [9.17, 15) is 23.2 Å². The number of aromatic hydroxyl groups is 2. The van der Waals surface area contributed by atoms with E-state index in [1.165, 1.54) is 30.3 Å². The molecule has 0 aliphatic rings. The van der Waals surface area contributed by atoms with Gasteiger partial charge in [-0.2, -0.15) is 8.42 Å². The summed E-state index contributed by atoms with van der Waals surface area (Å²) in [4.78, 5) is 0. The van der Waals surface area contributed by atoms with Crippen molar-refractivity contribution in [2.75, 3.05) is 0 Å². The van der Waals surface area contributed by atoms with E-state index in [1.54, 1.807) is 6.07 Å². The summed E-state index contributed by atoms with van der Waals surface area (Å²) < 4.78 is 33.9. The van der Waals surface area contributed by atoms with Crippen molar-refractivity contribution in [1.82, 2.24) is 0 Å². The molecular formula is C19H12Cl4O5S. The first-order valence-electron chi connectivity index (χ1n) is 7.90. The zero-order chi connectivity index (χ0) is 21.6. The predicted molar refractivity (Wildman–Crippen MR) is 114 cm³/mol. The third-order valence-electron chi connectivity index (χ3n) is 4.40. The molecule has 152 valence electrons. The predicted octanol–water partition coefficient (Wildman–Crippen LogP) is 5.89. The number of hydrogen-bond acceptors (Lipinski definition) is 4. The third-order valence-corrected chi connectivity index (χ3v) is 7.03. The molecule has 3 rings (SSSR count). The van der Waals surface area contributed by atoms with Crippen LogP contribution in [0, 0.1) is 0 Å². The first-order valence-corrected chi connectivity index (χ1v) is 10.9. The molecule has 0 amide bonds. The molecule has 0 saturated heterocycles. The molecule has 1 atom stereocenters. The number of rotatable bonds is 4. The fraction of sp³-hybridized carbons (Fsp3) is 0.0526. The quantitative estimate of drug-likeness (QED) is 0.311. The molecule has 0 aliphatic carbocycles. The Hall–Kier alpha value is -1.67. The Morgan fingerprint density at radius 2 is 1.45 bits per heavy atom. The van der Waals surface area contributed by atoms with Crippen LogP contribution in [0.1, 0.15) is 16.7 Å². The Labute approximate surface area is 186 Å². The molecule has 10 heteroatoms. The number of hydrogen-bond donors (Lipinski definition) is 3. The van der Waals surface area contributed by atoms with Gasteiger partial charge in [0.25, 0.3) is 10.1 Å². The lowest BCUT2D eigenvalue weighted by molar-refractivity contribution is 0.439. The zero-order valence-corrected chi connectivity index (χ0v) is 18.1. The molecule has 3 aromatic carbocycles. The smallest absolute Gasteiger partial charge is 0.283 e. The zero-order valence-electron chi connectivity index (χ0n) is 14.3. The number of halogens is 4. The number of benzene rings is 3. The van der Waals surface area contributed by atoms with E-state index in [2.05, 4.69) is 0 Å². The number of phenolic OH excluding ortho intramolecular Hbond substituents is 2. The second kappa shape index (κ2) is 7.87. The SMILES string of the molecule is O=S(=O)(O)C(c1ccccc1)(c1cc(Cl)ccc1O)c1c(Cl)cc(Cl)c(O)c1Cl. The van der Waals surface area contributed by atoms with Crippen LogP contribution in [0.25, 0.3) is 0 Å². The molecule has 5 nitrogen and oxygen atoms in total. The van der Waals surface area contributed by atoms with Crippen molar-refractivity contribution in [2.24, 2.45) is 0 Å². The molecule has 0 bridgehead atoms. The maximum Gasteiger partial charge on any atom is 0.283 e. The van der Waals surface area contributed by atoms with Gasteiger partial charge in [0.1, 0.15) is 5.75 Å². The average Bonchev–Trinajstić information content (AvgIpc) is 2.65. The first-order chi connectivity index (χ1) is 13.5. The van der Waals surface area contributed by atoms with Crippen LogP contribution in [0.5, 0.6) is 11.5 Å². The summed E-state index contributed by atoms with van der Waals surface area (Å²) >= 11 is 24.6. The maximum absolute atomic E-state index is 13.0. The highest BCUT2D eigenvalue weighted by Gasteiger charge is 2.53. The van der Waals surface area contributed by atoms with Gasteiger partial charge < -0.3 is 10.2 Å². The minimum atomic E-state index is -5.14. The number of phenols is 2. The molecule has 0 radical (unpaired) electrons. The average molecular weight is 494 g/mol. The van der Waals surface area contributed by atoms with Crippen molar-refractivity contribution in [3.8, 4) is 11.5 Å². The van der Waals surface area contributed by atoms with Gasteiger partial charge in [-0.15, -0.1) is 0 Å². The summed E-state index contributed by atoms with van der Waals surface area (Å²) in [6.07, 6.45) is 0. The van der Waals surface area contributed by atoms with Crippen LogP contribution in [0.15, 0.2) is 54.6 Å². The van der Waals surface area contributed by atoms with Crippen LogP contribution < -0.4 is 0 Å². The van der Waals surface area contributed by atoms with Crippen LogP contribution in [0.2, 0.25) is 20.1 Å². The van der Waals surface area contributed by atoms with Crippen LogP contribution in [0.4, 0.5) is 0 Å². The monoisotopic (exact) mass is 492 g/mol. The molecule has 1 unspecified atom stereocenters. The van der Waals surface area contributed by atoms with E-state index in [-0.39, 0.29) is 26.2 Å². The molecule has 0 aromatic heterocycles. The third kappa shape index (κ3) is 3.54. The van der Waals surface area contributed by atoms with Crippen LogP contribution in [0.3, 0.4) is 0 Å². The van der Waals surface area contributed by atoms with E-state index in [4.69, 9.17) is 46.4 Å². The van der Waals surface area contributed by atoms with Gasteiger partial charge in [0.05, 0.1) is 10.0 Å². The lowest BCUT2D eigenvalue weighted by Crippen LogP contribution is -2.39. The van der Waals surface area contributed by atoms with Crippen LogP contribution in [-0.2, 0) is 14.9 Å². The Bertz CT molecular complexity index is 1200. The Morgan fingerprint density at radius 1 is 0.828 bits per heavy atom. The van der Waals surface area contributed by atoms with Crippen LogP contribution >= 0.6 is 46.4 Å². The van der Waals surface area contributed by atoms with Gasteiger partial charge in [0.2, 0.25) is 0 Å². The van der Waals surface area contributed by atoms with Crippen molar-refractivity contribution in [1.29, 1.82) is 0 Å². The van der Waals surface area contributed by atoms with Gasteiger partial charge in [-0.1, -0.05) is 76.7 Å². The summed E-state index contributed by atoms with van der Waals surface area (Å²) in [5.74, 6) is -1.14. The standard InChI is InChI=1S/C19H12Cl4O5S/c20-11-6-7-15(24)12(8-11)19(29(26,27)28,10-4-2-1-3-5-10)16-13(21)9-14(22)18(25)17(16)23/h1-9,24-25H,(H,26,27,28). The fourth-order valence-electron chi connectivity index (χ4n) is 3.22. The summed E-state index contributed by atoms with van der Waals surface area (Å²) in [6.45, 7) is 0. The molecule has 0 fully saturated rings. The van der Waals surface area contributed by atoms with Crippen LogP contribution in [-0.4, -0.2) is 23.2 Å². The van der Waals surface area contributed by atoms with Crippen molar-refractivity contribution in [2.45, 2.75) is 4.75 Å². The molecule has 0 saturated carbocycles. The molecule has 29 heavy (non-hydrogen) atoms. The van der Waals surface area contributed by atoms with E-state index < -0.39 is 37.0 Å².